The molecule has 0 bridgehead atoms. The third-order valence-corrected chi connectivity index (χ3v) is 3.42. The lowest BCUT2D eigenvalue weighted by molar-refractivity contribution is -0.141. The van der Waals surface area contributed by atoms with Crippen molar-refractivity contribution >= 4 is 11.8 Å². The second kappa shape index (κ2) is 5.43. The topological polar surface area (TPSA) is 57.6 Å². The number of rotatable bonds is 6. The predicted molar refractivity (Wildman–Crippen MR) is 60.7 cm³/mol. The first-order valence-electron chi connectivity index (χ1n) is 6.01. The summed E-state index contributed by atoms with van der Waals surface area (Å²) >= 11 is 0. The second-order valence-corrected chi connectivity index (χ2v) is 4.73. The fraction of sp³-hybridized carbons (Fsp3) is 0.833. The van der Waals surface area contributed by atoms with Crippen molar-refractivity contribution < 1.29 is 14.7 Å². The average molecular weight is 227 g/mol. The van der Waals surface area contributed by atoms with Gasteiger partial charge >= 0.3 is 0 Å². The van der Waals surface area contributed by atoms with Crippen LogP contribution in [-0.4, -0.2) is 35.0 Å². The van der Waals surface area contributed by atoms with Gasteiger partial charge in [-0.25, -0.2) is 0 Å². The van der Waals surface area contributed by atoms with Crippen LogP contribution >= 0.6 is 0 Å². The van der Waals surface area contributed by atoms with Crippen LogP contribution in [0.5, 0.6) is 0 Å². The number of carbonyl (C=O) groups is 2. The summed E-state index contributed by atoms with van der Waals surface area (Å²) in [5, 5.41) is 8.64. The number of amides is 2. The number of aliphatic hydroxyl groups excluding tert-OH is 1. The van der Waals surface area contributed by atoms with Crippen LogP contribution in [0.1, 0.15) is 46.0 Å². The highest BCUT2D eigenvalue weighted by molar-refractivity contribution is 6.05. The molecule has 1 fully saturated rings. The standard InChI is InChI=1S/C12H21NO3/c1-3-12(2)9-10(15)13(11(12)16)7-5-4-6-8-14/h14H,3-9H2,1-2H3. The van der Waals surface area contributed by atoms with E-state index in [-0.39, 0.29) is 18.4 Å². The van der Waals surface area contributed by atoms with Gasteiger partial charge in [0.25, 0.3) is 0 Å². The summed E-state index contributed by atoms with van der Waals surface area (Å²) in [6.07, 6.45) is 3.45. The van der Waals surface area contributed by atoms with Crippen molar-refractivity contribution in [2.75, 3.05) is 13.2 Å². The number of unbranched alkanes of at least 4 members (excludes halogenated alkanes) is 2. The van der Waals surface area contributed by atoms with Gasteiger partial charge in [-0.15, -0.1) is 0 Å². The van der Waals surface area contributed by atoms with Crippen LogP contribution in [0.3, 0.4) is 0 Å². The zero-order valence-electron chi connectivity index (χ0n) is 10.2. The highest BCUT2D eigenvalue weighted by atomic mass is 16.3. The molecule has 4 heteroatoms. The van der Waals surface area contributed by atoms with E-state index in [0.717, 1.165) is 19.3 Å². The number of hydrogen-bond acceptors (Lipinski definition) is 3. The molecule has 0 aromatic heterocycles. The van der Waals surface area contributed by atoms with Gasteiger partial charge in [0.15, 0.2) is 0 Å². The first-order valence-corrected chi connectivity index (χ1v) is 6.01. The molecule has 16 heavy (non-hydrogen) atoms. The van der Waals surface area contributed by atoms with Crippen molar-refractivity contribution in [3.8, 4) is 0 Å². The predicted octanol–water partition coefficient (Wildman–Crippen LogP) is 1.32. The molecule has 0 aliphatic carbocycles. The molecule has 1 aliphatic heterocycles. The number of carbonyl (C=O) groups excluding carboxylic acids is 2. The molecule has 0 saturated carbocycles. The molecule has 0 aromatic carbocycles. The van der Waals surface area contributed by atoms with E-state index in [1.807, 2.05) is 13.8 Å². The van der Waals surface area contributed by atoms with Gasteiger partial charge in [0.1, 0.15) is 0 Å². The van der Waals surface area contributed by atoms with Gasteiger partial charge < -0.3 is 5.11 Å². The number of hydrogen-bond donors (Lipinski definition) is 1. The Morgan fingerprint density at radius 2 is 2.00 bits per heavy atom. The van der Waals surface area contributed by atoms with E-state index in [9.17, 15) is 9.59 Å². The first kappa shape index (κ1) is 13.2. The van der Waals surface area contributed by atoms with Crippen LogP contribution in [0.2, 0.25) is 0 Å². The number of imide groups is 1. The molecule has 0 radical (unpaired) electrons. The maximum Gasteiger partial charge on any atom is 0.235 e. The highest BCUT2D eigenvalue weighted by Crippen LogP contribution is 2.35. The zero-order valence-corrected chi connectivity index (χ0v) is 10.2. The van der Waals surface area contributed by atoms with Crippen LogP contribution in [0.25, 0.3) is 0 Å². The minimum atomic E-state index is -0.478. The third kappa shape index (κ3) is 2.61. The molecule has 1 aliphatic rings. The van der Waals surface area contributed by atoms with E-state index in [1.165, 1.54) is 4.90 Å². The lowest BCUT2D eigenvalue weighted by Crippen LogP contribution is -2.34. The second-order valence-electron chi connectivity index (χ2n) is 4.73. The molecule has 92 valence electrons. The molecule has 0 spiro atoms. The molecule has 4 nitrogen and oxygen atoms in total. The van der Waals surface area contributed by atoms with Crippen LogP contribution in [-0.2, 0) is 9.59 Å². The summed E-state index contributed by atoms with van der Waals surface area (Å²) in [4.78, 5) is 25.1. The smallest absolute Gasteiger partial charge is 0.235 e. The summed E-state index contributed by atoms with van der Waals surface area (Å²) in [5.41, 5.74) is -0.478. The fourth-order valence-electron chi connectivity index (χ4n) is 2.00. The zero-order chi connectivity index (χ0) is 12.2. The van der Waals surface area contributed by atoms with E-state index >= 15 is 0 Å². The minimum Gasteiger partial charge on any atom is -0.396 e. The molecule has 1 unspecified atom stereocenters. The first-order chi connectivity index (χ1) is 7.55. The van der Waals surface area contributed by atoms with Crippen molar-refractivity contribution in [1.82, 2.24) is 4.90 Å². The van der Waals surface area contributed by atoms with Crippen LogP contribution in [0, 0.1) is 5.41 Å². The molecular formula is C12H21NO3. The molecule has 1 rings (SSSR count). The SMILES string of the molecule is CCC1(C)CC(=O)N(CCCCCO)C1=O. The lowest BCUT2D eigenvalue weighted by atomic mass is 9.86. The van der Waals surface area contributed by atoms with Crippen molar-refractivity contribution in [2.24, 2.45) is 5.41 Å². The average Bonchev–Trinajstić information content (AvgIpc) is 2.48. The Kier molecular flexibility index (Phi) is 4.47. The van der Waals surface area contributed by atoms with Gasteiger partial charge in [0, 0.05) is 19.6 Å². The van der Waals surface area contributed by atoms with Crippen molar-refractivity contribution in [3.63, 3.8) is 0 Å². The normalized spacial score (nSPS) is 25.6. The molecule has 1 heterocycles. The van der Waals surface area contributed by atoms with Gasteiger partial charge in [-0.2, -0.15) is 0 Å². The van der Waals surface area contributed by atoms with Crippen LogP contribution in [0.4, 0.5) is 0 Å². The quantitative estimate of drug-likeness (QED) is 0.550. The molecule has 1 saturated heterocycles. The minimum absolute atomic E-state index is 0.0241. The van der Waals surface area contributed by atoms with Gasteiger partial charge in [-0.05, 0) is 25.7 Å². The summed E-state index contributed by atoms with van der Waals surface area (Å²) in [6.45, 7) is 4.49. The monoisotopic (exact) mass is 227 g/mol. The van der Waals surface area contributed by atoms with E-state index in [0.29, 0.717) is 19.4 Å². The molecule has 1 N–H and O–H groups in total. The summed E-state index contributed by atoms with van der Waals surface area (Å²) in [5.74, 6) is -0.0673. The maximum atomic E-state index is 12.0. The third-order valence-electron chi connectivity index (χ3n) is 3.42. The van der Waals surface area contributed by atoms with Gasteiger partial charge in [-0.3, -0.25) is 14.5 Å². The van der Waals surface area contributed by atoms with Gasteiger partial charge in [-0.1, -0.05) is 13.8 Å². The number of aliphatic hydroxyl groups is 1. The van der Waals surface area contributed by atoms with E-state index < -0.39 is 5.41 Å². The number of likely N-dealkylation sites (tertiary alicyclic amines) is 1. The Hall–Kier alpha value is -0.900. The van der Waals surface area contributed by atoms with Gasteiger partial charge in [0.05, 0.1) is 5.41 Å². The van der Waals surface area contributed by atoms with Crippen molar-refractivity contribution in [1.29, 1.82) is 0 Å². The Labute approximate surface area is 96.6 Å². The fourth-order valence-corrected chi connectivity index (χ4v) is 2.00. The summed E-state index contributed by atoms with van der Waals surface area (Å²) in [6, 6.07) is 0. The largest absolute Gasteiger partial charge is 0.396 e. The molecular weight excluding hydrogens is 206 g/mol. The highest BCUT2D eigenvalue weighted by Gasteiger charge is 2.46. The van der Waals surface area contributed by atoms with E-state index in [1.54, 1.807) is 0 Å². The van der Waals surface area contributed by atoms with Gasteiger partial charge in [0.2, 0.25) is 11.8 Å². The van der Waals surface area contributed by atoms with E-state index in [2.05, 4.69) is 0 Å². The Bertz CT molecular complexity index is 277. The molecule has 0 aromatic rings. The Balaban J connectivity index is 2.48. The summed E-state index contributed by atoms with van der Waals surface area (Å²) in [7, 11) is 0. The molecule has 2 amide bonds. The maximum absolute atomic E-state index is 12.0. The Morgan fingerprint density at radius 3 is 2.50 bits per heavy atom. The van der Waals surface area contributed by atoms with Crippen molar-refractivity contribution in [2.45, 2.75) is 46.0 Å². The summed E-state index contributed by atoms with van der Waals surface area (Å²) < 4.78 is 0. The lowest BCUT2D eigenvalue weighted by Gasteiger charge is -2.20. The Morgan fingerprint density at radius 1 is 1.31 bits per heavy atom. The van der Waals surface area contributed by atoms with Crippen LogP contribution < -0.4 is 0 Å². The van der Waals surface area contributed by atoms with Crippen molar-refractivity contribution in [3.05, 3.63) is 0 Å². The van der Waals surface area contributed by atoms with E-state index in [4.69, 9.17) is 5.11 Å². The molecule has 1 atom stereocenters. The number of nitrogens with zero attached hydrogens (tertiary/aromatic N) is 1. The van der Waals surface area contributed by atoms with Crippen LogP contribution in [0.15, 0.2) is 0 Å².